The molecular weight excluding hydrogens is 208 g/mol. The Balaban J connectivity index is 2.09. The highest BCUT2D eigenvalue weighted by atomic mass is 16.3. The molecular formula is C11H14N2O3. The van der Waals surface area contributed by atoms with Crippen LogP contribution >= 0.6 is 0 Å². The highest BCUT2D eigenvalue weighted by Gasteiger charge is 2.42. The van der Waals surface area contributed by atoms with Crippen molar-refractivity contribution < 1.29 is 15.0 Å². The number of rotatable bonds is 2. The van der Waals surface area contributed by atoms with Gasteiger partial charge in [0.15, 0.2) is 0 Å². The first-order valence-electron chi connectivity index (χ1n) is 5.20. The third-order valence-corrected chi connectivity index (χ3v) is 2.95. The Labute approximate surface area is 93.3 Å². The molecule has 1 amide bonds. The zero-order chi connectivity index (χ0) is 11.8. The van der Waals surface area contributed by atoms with Crippen LogP contribution in [0.2, 0.25) is 0 Å². The van der Waals surface area contributed by atoms with Gasteiger partial charge >= 0.3 is 0 Å². The maximum Gasteiger partial charge on any atom is 0.257 e. The highest BCUT2D eigenvalue weighted by Crippen LogP contribution is 2.27. The fourth-order valence-corrected chi connectivity index (χ4v) is 1.77. The second-order valence-electron chi connectivity index (χ2n) is 4.13. The summed E-state index contributed by atoms with van der Waals surface area (Å²) < 4.78 is 0. The van der Waals surface area contributed by atoms with Crippen LogP contribution in [0.25, 0.3) is 0 Å². The summed E-state index contributed by atoms with van der Waals surface area (Å²) in [7, 11) is 0. The maximum absolute atomic E-state index is 11.9. The van der Waals surface area contributed by atoms with Crippen LogP contribution in [0.1, 0.15) is 23.7 Å². The molecule has 1 saturated heterocycles. The number of nitrogens with zero attached hydrogens (tertiary/aromatic N) is 2. The van der Waals surface area contributed by atoms with E-state index in [1.165, 1.54) is 23.4 Å². The van der Waals surface area contributed by atoms with E-state index in [0.717, 1.165) is 0 Å². The minimum atomic E-state index is -0.752. The number of amides is 1. The van der Waals surface area contributed by atoms with E-state index in [9.17, 15) is 15.0 Å². The molecule has 2 N–H and O–H groups in total. The van der Waals surface area contributed by atoms with Crippen LogP contribution in [-0.2, 0) is 0 Å². The zero-order valence-electron chi connectivity index (χ0n) is 9.05. The van der Waals surface area contributed by atoms with Crippen molar-refractivity contribution in [1.82, 2.24) is 9.88 Å². The van der Waals surface area contributed by atoms with Crippen molar-refractivity contribution in [3.05, 3.63) is 24.0 Å². The highest BCUT2D eigenvalue weighted by molar-refractivity contribution is 5.97. The molecule has 16 heavy (non-hydrogen) atoms. The van der Waals surface area contributed by atoms with Crippen LogP contribution in [0.15, 0.2) is 18.5 Å². The standard InChI is InChI=1S/C11H14N2O3/c1-2-11(16)6-13(7-11)10(15)8-3-4-12-5-9(8)14/h3-5,14,16H,2,6-7H2,1H3. The van der Waals surface area contributed by atoms with E-state index in [-0.39, 0.29) is 17.2 Å². The fourth-order valence-electron chi connectivity index (χ4n) is 1.77. The number of pyridine rings is 1. The van der Waals surface area contributed by atoms with Gasteiger partial charge < -0.3 is 15.1 Å². The lowest BCUT2D eigenvalue weighted by Gasteiger charge is -2.46. The van der Waals surface area contributed by atoms with Gasteiger partial charge in [0.1, 0.15) is 5.75 Å². The summed E-state index contributed by atoms with van der Waals surface area (Å²) >= 11 is 0. The largest absolute Gasteiger partial charge is 0.505 e. The van der Waals surface area contributed by atoms with E-state index >= 15 is 0 Å². The summed E-state index contributed by atoms with van der Waals surface area (Å²) in [5.74, 6) is -0.391. The predicted octanol–water partition coefficient (Wildman–Crippen LogP) is 0.384. The Kier molecular flexibility index (Phi) is 2.55. The van der Waals surface area contributed by atoms with Crippen LogP contribution in [-0.4, -0.2) is 44.7 Å². The Hall–Kier alpha value is -1.62. The van der Waals surface area contributed by atoms with Gasteiger partial charge in [-0.1, -0.05) is 6.92 Å². The molecule has 0 bridgehead atoms. The molecule has 0 unspecified atom stereocenters. The molecule has 1 aliphatic heterocycles. The van der Waals surface area contributed by atoms with Crippen LogP contribution in [0.3, 0.4) is 0 Å². The molecule has 1 aromatic heterocycles. The second kappa shape index (κ2) is 3.75. The van der Waals surface area contributed by atoms with E-state index in [0.29, 0.717) is 19.5 Å². The summed E-state index contributed by atoms with van der Waals surface area (Å²) in [6.45, 7) is 2.53. The van der Waals surface area contributed by atoms with Gasteiger partial charge in [-0.3, -0.25) is 9.78 Å². The van der Waals surface area contributed by atoms with Crippen LogP contribution in [0, 0.1) is 0 Å². The number of hydrogen-bond donors (Lipinski definition) is 2. The van der Waals surface area contributed by atoms with E-state index in [1.807, 2.05) is 6.92 Å². The first kappa shape index (κ1) is 10.9. The molecule has 0 radical (unpaired) electrons. The molecule has 2 heterocycles. The van der Waals surface area contributed by atoms with Crippen molar-refractivity contribution in [2.24, 2.45) is 0 Å². The van der Waals surface area contributed by atoms with Gasteiger partial charge in [0, 0.05) is 6.20 Å². The molecule has 0 atom stereocenters. The number of carbonyl (C=O) groups excluding carboxylic acids is 1. The van der Waals surface area contributed by atoms with Crippen molar-refractivity contribution in [3.8, 4) is 5.75 Å². The summed E-state index contributed by atoms with van der Waals surface area (Å²) in [5.41, 5.74) is -0.522. The first-order chi connectivity index (χ1) is 7.56. The predicted molar refractivity (Wildman–Crippen MR) is 57.0 cm³/mol. The molecule has 1 aliphatic rings. The Morgan fingerprint density at radius 2 is 2.31 bits per heavy atom. The van der Waals surface area contributed by atoms with E-state index < -0.39 is 5.60 Å². The van der Waals surface area contributed by atoms with Gasteiger partial charge in [0.05, 0.1) is 30.5 Å². The number of likely N-dealkylation sites (tertiary alicyclic amines) is 1. The lowest BCUT2D eigenvalue weighted by atomic mass is 9.90. The molecule has 0 aromatic carbocycles. The van der Waals surface area contributed by atoms with Crippen molar-refractivity contribution >= 4 is 5.91 Å². The van der Waals surface area contributed by atoms with Crippen LogP contribution in [0.4, 0.5) is 0 Å². The molecule has 86 valence electrons. The smallest absolute Gasteiger partial charge is 0.257 e. The molecule has 0 aliphatic carbocycles. The third-order valence-electron chi connectivity index (χ3n) is 2.95. The number of hydrogen-bond acceptors (Lipinski definition) is 4. The zero-order valence-corrected chi connectivity index (χ0v) is 9.05. The summed E-state index contributed by atoms with van der Waals surface area (Å²) in [5, 5.41) is 19.2. The summed E-state index contributed by atoms with van der Waals surface area (Å²) in [6.07, 6.45) is 3.32. The summed E-state index contributed by atoms with van der Waals surface area (Å²) in [6, 6.07) is 1.47. The van der Waals surface area contributed by atoms with E-state index in [2.05, 4.69) is 4.98 Å². The fraction of sp³-hybridized carbons (Fsp3) is 0.455. The molecule has 1 fully saturated rings. The second-order valence-corrected chi connectivity index (χ2v) is 4.13. The Morgan fingerprint density at radius 3 is 2.88 bits per heavy atom. The summed E-state index contributed by atoms with van der Waals surface area (Å²) in [4.78, 5) is 17.1. The average molecular weight is 222 g/mol. The number of aliphatic hydroxyl groups is 1. The van der Waals surface area contributed by atoms with Gasteiger partial charge in [-0.2, -0.15) is 0 Å². The molecule has 0 spiro atoms. The number of carbonyl (C=O) groups is 1. The topological polar surface area (TPSA) is 73.7 Å². The molecule has 2 rings (SSSR count). The van der Waals surface area contributed by atoms with Crippen LogP contribution in [0.5, 0.6) is 5.75 Å². The van der Waals surface area contributed by atoms with Crippen molar-refractivity contribution in [3.63, 3.8) is 0 Å². The lowest BCUT2D eigenvalue weighted by Crippen LogP contribution is -2.63. The minimum Gasteiger partial charge on any atom is -0.505 e. The van der Waals surface area contributed by atoms with Gasteiger partial charge in [0.2, 0.25) is 0 Å². The van der Waals surface area contributed by atoms with Crippen molar-refractivity contribution in [2.75, 3.05) is 13.1 Å². The van der Waals surface area contributed by atoms with Gasteiger partial charge in [-0.25, -0.2) is 0 Å². The Morgan fingerprint density at radius 1 is 1.62 bits per heavy atom. The lowest BCUT2D eigenvalue weighted by molar-refractivity contribution is -0.0827. The maximum atomic E-state index is 11.9. The molecule has 5 nitrogen and oxygen atoms in total. The molecule has 1 aromatic rings. The molecule has 0 saturated carbocycles. The SMILES string of the molecule is CCC1(O)CN(C(=O)c2ccncc2O)C1. The van der Waals surface area contributed by atoms with Crippen LogP contribution < -0.4 is 0 Å². The number of aromatic nitrogens is 1. The minimum absolute atomic E-state index is 0.126. The van der Waals surface area contributed by atoms with Gasteiger partial charge in [-0.15, -0.1) is 0 Å². The number of β-amino-alcohol motifs (C(OH)–C–C–N with tert-alkyl or cyclic N) is 1. The van der Waals surface area contributed by atoms with E-state index in [1.54, 1.807) is 0 Å². The average Bonchev–Trinajstić information content (AvgIpc) is 2.24. The quantitative estimate of drug-likeness (QED) is 0.759. The third kappa shape index (κ3) is 1.74. The number of aromatic hydroxyl groups is 1. The first-order valence-corrected chi connectivity index (χ1v) is 5.20. The Bertz CT molecular complexity index is 413. The van der Waals surface area contributed by atoms with Gasteiger partial charge in [0.25, 0.3) is 5.91 Å². The van der Waals surface area contributed by atoms with Gasteiger partial charge in [-0.05, 0) is 12.5 Å². The van der Waals surface area contributed by atoms with Crippen molar-refractivity contribution in [1.29, 1.82) is 0 Å². The van der Waals surface area contributed by atoms with Crippen molar-refractivity contribution in [2.45, 2.75) is 18.9 Å². The monoisotopic (exact) mass is 222 g/mol. The molecule has 5 heteroatoms. The van der Waals surface area contributed by atoms with E-state index in [4.69, 9.17) is 0 Å². The normalized spacial score (nSPS) is 18.0.